The largest absolute Gasteiger partial charge is 0.496 e. The SMILES string of the molecule is COc1ccc(NC(=O)C2CSCN2)c(C)c1C. The molecule has 1 fully saturated rings. The monoisotopic (exact) mass is 266 g/mol. The number of anilines is 1. The summed E-state index contributed by atoms with van der Waals surface area (Å²) in [6, 6.07) is 3.69. The van der Waals surface area contributed by atoms with Gasteiger partial charge < -0.3 is 10.1 Å². The summed E-state index contributed by atoms with van der Waals surface area (Å²) in [7, 11) is 1.65. The van der Waals surface area contributed by atoms with Crippen LogP contribution >= 0.6 is 11.8 Å². The predicted octanol–water partition coefficient (Wildman–Crippen LogP) is 1.91. The number of ether oxygens (including phenoxy) is 1. The molecule has 0 radical (unpaired) electrons. The molecular formula is C13H18N2O2S. The Morgan fingerprint density at radius 2 is 2.22 bits per heavy atom. The summed E-state index contributed by atoms with van der Waals surface area (Å²) in [5.41, 5.74) is 2.97. The van der Waals surface area contributed by atoms with E-state index in [-0.39, 0.29) is 11.9 Å². The minimum atomic E-state index is -0.0863. The lowest BCUT2D eigenvalue weighted by Crippen LogP contribution is -2.37. The van der Waals surface area contributed by atoms with Crippen LogP contribution in [0.1, 0.15) is 11.1 Å². The van der Waals surface area contributed by atoms with E-state index >= 15 is 0 Å². The topological polar surface area (TPSA) is 50.4 Å². The van der Waals surface area contributed by atoms with E-state index in [9.17, 15) is 4.79 Å². The number of benzene rings is 1. The standard InChI is InChI=1S/C13H18N2O2S/c1-8-9(2)12(17-3)5-4-10(8)15-13(16)11-6-18-7-14-11/h4-5,11,14H,6-7H2,1-3H3,(H,15,16). The second kappa shape index (κ2) is 5.63. The predicted molar refractivity (Wildman–Crippen MR) is 75.3 cm³/mol. The Hall–Kier alpha value is -1.20. The Labute approximate surface area is 111 Å². The molecule has 1 aliphatic heterocycles. The minimum absolute atomic E-state index is 0.0349. The number of methoxy groups -OCH3 is 1. The van der Waals surface area contributed by atoms with Gasteiger partial charge in [-0.25, -0.2) is 0 Å². The summed E-state index contributed by atoms with van der Waals surface area (Å²) < 4.78 is 5.26. The van der Waals surface area contributed by atoms with E-state index in [1.807, 2.05) is 26.0 Å². The highest BCUT2D eigenvalue weighted by molar-refractivity contribution is 7.99. The van der Waals surface area contributed by atoms with Crippen LogP contribution in [0.5, 0.6) is 5.75 Å². The Balaban J connectivity index is 2.14. The van der Waals surface area contributed by atoms with E-state index in [2.05, 4.69) is 10.6 Å². The maximum absolute atomic E-state index is 12.0. The molecule has 0 aliphatic carbocycles. The molecule has 1 unspecified atom stereocenters. The normalized spacial score (nSPS) is 18.7. The molecule has 98 valence electrons. The lowest BCUT2D eigenvalue weighted by Gasteiger charge is -2.15. The summed E-state index contributed by atoms with van der Waals surface area (Å²) >= 11 is 1.74. The first-order valence-corrected chi connectivity index (χ1v) is 7.05. The van der Waals surface area contributed by atoms with Crippen molar-refractivity contribution in [2.75, 3.05) is 24.1 Å². The van der Waals surface area contributed by atoms with Crippen molar-refractivity contribution in [3.63, 3.8) is 0 Å². The van der Waals surface area contributed by atoms with Crippen molar-refractivity contribution in [1.29, 1.82) is 0 Å². The van der Waals surface area contributed by atoms with E-state index < -0.39 is 0 Å². The molecule has 0 bridgehead atoms. The second-order valence-corrected chi connectivity index (χ2v) is 5.36. The number of nitrogens with one attached hydrogen (secondary N) is 2. The summed E-state index contributed by atoms with van der Waals surface area (Å²) in [5.74, 6) is 2.56. The zero-order valence-corrected chi connectivity index (χ0v) is 11.7. The van der Waals surface area contributed by atoms with Crippen molar-refractivity contribution in [1.82, 2.24) is 5.32 Å². The molecule has 18 heavy (non-hydrogen) atoms. The maximum Gasteiger partial charge on any atom is 0.242 e. The van der Waals surface area contributed by atoms with Gasteiger partial charge in [-0.05, 0) is 37.1 Å². The summed E-state index contributed by atoms with van der Waals surface area (Å²) in [6.45, 7) is 3.98. The number of thioether (sulfide) groups is 1. The smallest absolute Gasteiger partial charge is 0.242 e. The number of carbonyl (C=O) groups excluding carboxylic acids is 1. The van der Waals surface area contributed by atoms with Gasteiger partial charge in [-0.15, -0.1) is 11.8 Å². The van der Waals surface area contributed by atoms with Crippen LogP contribution in [0.2, 0.25) is 0 Å². The van der Waals surface area contributed by atoms with Gasteiger partial charge in [0.25, 0.3) is 0 Å². The number of hydrogen-bond donors (Lipinski definition) is 2. The van der Waals surface area contributed by atoms with Crippen LogP contribution in [-0.2, 0) is 4.79 Å². The van der Waals surface area contributed by atoms with Crippen LogP contribution in [0.3, 0.4) is 0 Å². The molecule has 1 saturated heterocycles. The Morgan fingerprint density at radius 3 is 2.83 bits per heavy atom. The number of amides is 1. The molecular weight excluding hydrogens is 248 g/mol. The van der Waals surface area contributed by atoms with Gasteiger partial charge >= 0.3 is 0 Å². The van der Waals surface area contributed by atoms with E-state index in [1.54, 1.807) is 18.9 Å². The first-order valence-electron chi connectivity index (χ1n) is 5.89. The Bertz CT molecular complexity index is 457. The van der Waals surface area contributed by atoms with Crippen LogP contribution in [0.25, 0.3) is 0 Å². The van der Waals surface area contributed by atoms with E-state index in [0.29, 0.717) is 0 Å². The fraction of sp³-hybridized carbons (Fsp3) is 0.462. The zero-order chi connectivity index (χ0) is 13.1. The van der Waals surface area contributed by atoms with Crippen molar-refractivity contribution in [2.45, 2.75) is 19.9 Å². The molecule has 2 rings (SSSR count). The van der Waals surface area contributed by atoms with Gasteiger partial charge in [-0.3, -0.25) is 10.1 Å². The van der Waals surface area contributed by atoms with Crippen molar-refractivity contribution in [2.24, 2.45) is 0 Å². The third-order valence-corrected chi connectivity index (χ3v) is 4.19. The Kier molecular flexibility index (Phi) is 4.14. The fourth-order valence-electron chi connectivity index (χ4n) is 1.94. The van der Waals surface area contributed by atoms with Gasteiger partial charge in [-0.1, -0.05) is 0 Å². The number of hydrogen-bond acceptors (Lipinski definition) is 4. The van der Waals surface area contributed by atoms with Crippen LogP contribution in [0, 0.1) is 13.8 Å². The van der Waals surface area contributed by atoms with Gasteiger partial charge in [0.15, 0.2) is 0 Å². The summed E-state index contributed by atoms with van der Waals surface area (Å²) in [5, 5.41) is 6.13. The first-order chi connectivity index (χ1) is 8.63. The van der Waals surface area contributed by atoms with Gasteiger partial charge in [0, 0.05) is 17.3 Å². The van der Waals surface area contributed by atoms with Gasteiger partial charge in [0.1, 0.15) is 5.75 Å². The molecule has 1 aromatic rings. The first kappa shape index (κ1) is 13.2. The lowest BCUT2D eigenvalue weighted by atomic mass is 10.1. The highest BCUT2D eigenvalue weighted by Crippen LogP contribution is 2.27. The second-order valence-electron chi connectivity index (χ2n) is 4.33. The number of rotatable bonds is 3. The van der Waals surface area contributed by atoms with Crippen LogP contribution in [-0.4, -0.2) is 30.7 Å². The van der Waals surface area contributed by atoms with Gasteiger partial charge in [-0.2, -0.15) is 0 Å². The average Bonchev–Trinajstić information content (AvgIpc) is 2.89. The molecule has 0 aromatic heterocycles. The number of carbonyl (C=O) groups is 1. The van der Waals surface area contributed by atoms with Crippen LogP contribution in [0.15, 0.2) is 12.1 Å². The molecule has 1 amide bonds. The average molecular weight is 266 g/mol. The fourth-order valence-corrected chi connectivity index (χ4v) is 2.88. The van der Waals surface area contributed by atoms with E-state index in [1.165, 1.54) is 0 Å². The molecule has 1 heterocycles. The van der Waals surface area contributed by atoms with E-state index in [0.717, 1.165) is 34.2 Å². The summed E-state index contributed by atoms with van der Waals surface area (Å²) in [4.78, 5) is 12.0. The molecule has 4 nitrogen and oxygen atoms in total. The van der Waals surface area contributed by atoms with Crippen molar-refractivity contribution >= 4 is 23.4 Å². The third-order valence-electron chi connectivity index (χ3n) is 3.25. The quantitative estimate of drug-likeness (QED) is 0.877. The van der Waals surface area contributed by atoms with Gasteiger partial charge in [0.05, 0.1) is 13.2 Å². The van der Waals surface area contributed by atoms with Crippen molar-refractivity contribution < 1.29 is 9.53 Å². The van der Waals surface area contributed by atoms with Crippen LogP contribution in [0.4, 0.5) is 5.69 Å². The molecule has 5 heteroatoms. The molecule has 0 spiro atoms. The van der Waals surface area contributed by atoms with Crippen molar-refractivity contribution in [3.8, 4) is 5.75 Å². The molecule has 0 saturated carbocycles. The van der Waals surface area contributed by atoms with Gasteiger partial charge in [0.2, 0.25) is 5.91 Å². The molecule has 1 aliphatic rings. The van der Waals surface area contributed by atoms with Crippen LogP contribution < -0.4 is 15.4 Å². The highest BCUT2D eigenvalue weighted by atomic mass is 32.2. The van der Waals surface area contributed by atoms with Crippen molar-refractivity contribution in [3.05, 3.63) is 23.3 Å². The lowest BCUT2D eigenvalue weighted by molar-refractivity contribution is -0.117. The molecule has 2 N–H and O–H groups in total. The zero-order valence-electron chi connectivity index (χ0n) is 10.9. The minimum Gasteiger partial charge on any atom is -0.496 e. The molecule has 1 atom stereocenters. The van der Waals surface area contributed by atoms with E-state index in [4.69, 9.17) is 4.74 Å². The summed E-state index contributed by atoms with van der Waals surface area (Å²) in [6.07, 6.45) is 0. The maximum atomic E-state index is 12.0. The third kappa shape index (κ3) is 2.62. The highest BCUT2D eigenvalue weighted by Gasteiger charge is 2.23. The molecule has 1 aromatic carbocycles. The Morgan fingerprint density at radius 1 is 1.44 bits per heavy atom.